The summed E-state index contributed by atoms with van der Waals surface area (Å²) < 4.78 is 1.08. The molecule has 25 heavy (non-hydrogen) atoms. The van der Waals surface area contributed by atoms with Gasteiger partial charge >= 0.3 is 0 Å². The molecular weight excluding hydrogens is 318 g/mol. The Kier molecular flexibility index (Phi) is 4.62. The highest BCUT2D eigenvalue weighted by Crippen LogP contribution is 2.14. The van der Waals surface area contributed by atoms with Gasteiger partial charge in [-0.1, -0.05) is 12.1 Å². The van der Waals surface area contributed by atoms with Crippen molar-refractivity contribution >= 4 is 11.6 Å². The molecule has 0 saturated heterocycles. The number of benzene rings is 1. The Bertz CT molecular complexity index is 1010. The van der Waals surface area contributed by atoms with Crippen LogP contribution in [0.1, 0.15) is 5.56 Å². The summed E-state index contributed by atoms with van der Waals surface area (Å²) >= 11 is 0. The van der Waals surface area contributed by atoms with Crippen LogP contribution in [0.5, 0.6) is 0 Å². The number of aromatic nitrogens is 3. The zero-order valence-electron chi connectivity index (χ0n) is 13.1. The van der Waals surface area contributed by atoms with Gasteiger partial charge in [-0.15, -0.1) is 0 Å². The number of nitriles is 1. The van der Waals surface area contributed by atoms with Crippen LogP contribution in [0.25, 0.3) is 11.3 Å². The fourth-order valence-corrected chi connectivity index (χ4v) is 2.25. The first kappa shape index (κ1) is 16.1. The predicted octanol–water partition coefficient (Wildman–Crippen LogP) is 1.82. The molecule has 3 aromatic rings. The molecule has 0 radical (unpaired) electrons. The minimum absolute atomic E-state index is 0.252. The summed E-state index contributed by atoms with van der Waals surface area (Å²) in [5.74, 6) is -0.441. The lowest BCUT2D eigenvalue weighted by atomic mass is 10.2. The molecule has 0 aliphatic heterocycles. The second-order valence-corrected chi connectivity index (χ2v) is 5.16. The van der Waals surface area contributed by atoms with Crippen LogP contribution in [0.2, 0.25) is 0 Å². The Morgan fingerprint density at radius 1 is 1.12 bits per heavy atom. The van der Waals surface area contributed by atoms with Gasteiger partial charge in [0.25, 0.3) is 5.56 Å². The zero-order chi connectivity index (χ0) is 17.6. The average molecular weight is 331 g/mol. The molecule has 7 heteroatoms. The largest absolute Gasteiger partial charge is 0.323 e. The van der Waals surface area contributed by atoms with E-state index in [2.05, 4.69) is 15.4 Å². The third kappa shape index (κ3) is 3.76. The number of rotatable bonds is 4. The molecule has 0 aliphatic rings. The number of carbonyl (C=O) groups is 1. The molecule has 3 rings (SSSR count). The second kappa shape index (κ2) is 7.19. The number of pyridine rings is 1. The first-order chi connectivity index (χ1) is 12.2. The summed E-state index contributed by atoms with van der Waals surface area (Å²) in [6.45, 7) is -0.252. The summed E-state index contributed by atoms with van der Waals surface area (Å²) in [5, 5.41) is 15.9. The highest BCUT2D eigenvalue weighted by Gasteiger charge is 2.10. The maximum absolute atomic E-state index is 12.2. The standard InChI is InChI=1S/C18H13N5O2/c19-11-14-3-1-2-4-15(14)21-17(24)12-23-18(25)6-5-16(22-23)13-7-9-20-10-8-13/h1-10H,12H2,(H,21,24). The summed E-state index contributed by atoms with van der Waals surface area (Å²) in [7, 11) is 0. The van der Waals surface area contributed by atoms with E-state index < -0.39 is 5.91 Å². The molecule has 1 aromatic carbocycles. The van der Waals surface area contributed by atoms with E-state index >= 15 is 0 Å². The molecule has 122 valence electrons. The molecule has 1 amide bonds. The Balaban J connectivity index is 1.82. The van der Waals surface area contributed by atoms with Crippen molar-refractivity contribution in [2.75, 3.05) is 5.32 Å². The number of amides is 1. The predicted molar refractivity (Wildman–Crippen MR) is 91.5 cm³/mol. The number of carbonyl (C=O) groups excluding carboxylic acids is 1. The molecule has 0 spiro atoms. The molecule has 0 fully saturated rings. The van der Waals surface area contributed by atoms with Crippen LogP contribution >= 0.6 is 0 Å². The minimum Gasteiger partial charge on any atom is -0.323 e. The Hall–Kier alpha value is -3.79. The van der Waals surface area contributed by atoms with Crippen molar-refractivity contribution in [1.29, 1.82) is 5.26 Å². The van der Waals surface area contributed by atoms with Crippen molar-refractivity contribution in [3.63, 3.8) is 0 Å². The summed E-state index contributed by atoms with van der Waals surface area (Å²) in [6, 6.07) is 15.1. The van der Waals surface area contributed by atoms with Crippen molar-refractivity contribution in [2.45, 2.75) is 6.54 Å². The van der Waals surface area contributed by atoms with Crippen LogP contribution < -0.4 is 10.9 Å². The van der Waals surface area contributed by atoms with E-state index in [9.17, 15) is 9.59 Å². The number of anilines is 1. The van der Waals surface area contributed by atoms with Crippen molar-refractivity contribution in [1.82, 2.24) is 14.8 Å². The Morgan fingerprint density at radius 2 is 1.88 bits per heavy atom. The monoisotopic (exact) mass is 331 g/mol. The van der Waals surface area contributed by atoms with E-state index in [4.69, 9.17) is 5.26 Å². The highest BCUT2D eigenvalue weighted by atomic mass is 16.2. The summed E-state index contributed by atoms with van der Waals surface area (Å²) in [4.78, 5) is 28.1. The molecule has 2 heterocycles. The Labute approximate surface area is 143 Å². The third-order valence-electron chi connectivity index (χ3n) is 3.46. The summed E-state index contributed by atoms with van der Waals surface area (Å²) in [5.41, 5.74) is 1.71. The Morgan fingerprint density at radius 3 is 2.64 bits per heavy atom. The molecule has 7 nitrogen and oxygen atoms in total. The molecule has 0 unspecified atom stereocenters. The van der Waals surface area contributed by atoms with Gasteiger partial charge in [0.05, 0.1) is 16.9 Å². The van der Waals surface area contributed by atoms with Gasteiger partial charge in [0, 0.05) is 24.0 Å². The van der Waals surface area contributed by atoms with E-state index in [0.717, 1.165) is 10.2 Å². The van der Waals surface area contributed by atoms with Crippen LogP contribution in [-0.4, -0.2) is 20.7 Å². The van der Waals surface area contributed by atoms with Crippen LogP contribution in [0.4, 0.5) is 5.69 Å². The molecule has 0 aliphatic carbocycles. The normalized spacial score (nSPS) is 10.0. The lowest BCUT2D eigenvalue weighted by Crippen LogP contribution is -2.29. The van der Waals surface area contributed by atoms with Crippen molar-refractivity contribution < 1.29 is 4.79 Å². The van der Waals surface area contributed by atoms with Gasteiger partial charge in [0.2, 0.25) is 5.91 Å². The first-order valence-corrected chi connectivity index (χ1v) is 7.45. The first-order valence-electron chi connectivity index (χ1n) is 7.45. The average Bonchev–Trinajstić information content (AvgIpc) is 2.64. The van der Waals surface area contributed by atoms with Crippen LogP contribution in [-0.2, 0) is 11.3 Å². The lowest BCUT2D eigenvalue weighted by Gasteiger charge is -2.09. The van der Waals surface area contributed by atoms with Crippen molar-refractivity contribution in [2.24, 2.45) is 0 Å². The molecule has 0 saturated carbocycles. The molecule has 0 atom stereocenters. The fourth-order valence-electron chi connectivity index (χ4n) is 2.25. The second-order valence-electron chi connectivity index (χ2n) is 5.16. The van der Waals surface area contributed by atoms with Gasteiger partial charge in [-0.05, 0) is 30.3 Å². The van der Waals surface area contributed by atoms with Crippen LogP contribution in [0.3, 0.4) is 0 Å². The fraction of sp³-hybridized carbons (Fsp3) is 0.0556. The number of hydrogen-bond donors (Lipinski definition) is 1. The number of para-hydroxylation sites is 1. The number of nitrogens with zero attached hydrogens (tertiary/aromatic N) is 4. The van der Waals surface area contributed by atoms with Gasteiger partial charge in [-0.25, -0.2) is 4.68 Å². The third-order valence-corrected chi connectivity index (χ3v) is 3.46. The molecule has 1 N–H and O–H groups in total. The number of hydrogen-bond acceptors (Lipinski definition) is 5. The zero-order valence-corrected chi connectivity index (χ0v) is 13.1. The lowest BCUT2D eigenvalue weighted by molar-refractivity contribution is -0.117. The van der Waals surface area contributed by atoms with E-state index in [1.807, 2.05) is 6.07 Å². The van der Waals surface area contributed by atoms with Crippen LogP contribution in [0, 0.1) is 11.3 Å². The van der Waals surface area contributed by atoms with E-state index in [1.165, 1.54) is 6.07 Å². The van der Waals surface area contributed by atoms with E-state index in [1.54, 1.807) is 54.9 Å². The molecule has 2 aromatic heterocycles. The SMILES string of the molecule is N#Cc1ccccc1NC(=O)Cn1nc(-c2ccncc2)ccc1=O. The van der Waals surface area contributed by atoms with Gasteiger partial charge in [0.1, 0.15) is 12.6 Å². The smallest absolute Gasteiger partial charge is 0.267 e. The minimum atomic E-state index is -0.441. The van der Waals surface area contributed by atoms with Crippen molar-refractivity contribution in [3.05, 3.63) is 76.8 Å². The topological polar surface area (TPSA) is 101 Å². The molecular formula is C18H13N5O2. The summed E-state index contributed by atoms with van der Waals surface area (Å²) in [6.07, 6.45) is 3.25. The maximum atomic E-state index is 12.2. The van der Waals surface area contributed by atoms with Crippen molar-refractivity contribution in [3.8, 4) is 17.3 Å². The highest BCUT2D eigenvalue weighted by molar-refractivity contribution is 5.91. The van der Waals surface area contributed by atoms with Crippen LogP contribution in [0.15, 0.2) is 65.7 Å². The quantitative estimate of drug-likeness (QED) is 0.786. The van der Waals surface area contributed by atoms with Gasteiger partial charge in [-0.3, -0.25) is 14.6 Å². The van der Waals surface area contributed by atoms with E-state index in [0.29, 0.717) is 16.9 Å². The van der Waals surface area contributed by atoms with Gasteiger partial charge in [-0.2, -0.15) is 10.4 Å². The van der Waals surface area contributed by atoms with Gasteiger partial charge in [0.15, 0.2) is 0 Å². The van der Waals surface area contributed by atoms with E-state index in [-0.39, 0.29) is 12.1 Å². The number of nitrogens with one attached hydrogen (secondary N) is 1. The molecule has 0 bridgehead atoms. The maximum Gasteiger partial charge on any atom is 0.267 e. The van der Waals surface area contributed by atoms with Gasteiger partial charge < -0.3 is 5.32 Å².